The summed E-state index contributed by atoms with van der Waals surface area (Å²) in [6, 6.07) is 26.7. The van der Waals surface area contributed by atoms with E-state index in [0.717, 1.165) is 42.6 Å². The molecule has 0 bridgehead atoms. The summed E-state index contributed by atoms with van der Waals surface area (Å²) in [6.45, 7) is 8.07. The smallest absolute Gasteiger partial charge is 0.264 e. The number of aryl methyl sites for hydroxylation is 4. The second kappa shape index (κ2) is 14.5. The summed E-state index contributed by atoms with van der Waals surface area (Å²) in [7, 11) is 0. The number of halogens is 2. The molecule has 0 aliphatic rings. The van der Waals surface area contributed by atoms with Crippen molar-refractivity contribution in [3.05, 3.63) is 116 Å². The minimum absolute atomic E-state index is 0.136. The van der Waals surface area contributed by atoms with E-state index in [9.17, 15) is 9.59 Å². The number of para-hydroxylation sites is 2. The molecule has 6 nitrogen and oxygen atoms in total. The average Bonchev–Trinajstić information content (AvgIpc) is 2.95. The highest BCUT2D eigenvalue weighted by Gasteiger charge is 2.22. The zero-order valence-corrected chi connectivity index (χ0v) is 27.4. The Kier molecular flexibility index (Phi) is 10.8. The van der Waals surface area contributed by atoms with Crippen molar-refractivity contribution in [1.82, 2.24) is 0 Å². The van der Waals surface area contributed by atoms with Gasteiger partial charge in [0.2, 0.25) is 0 Å². The maximum atomic E-state index is 13.6. The van der Waals surface area contributed by atoms with Crippen LogP contribution in [0.4, 0.5) is 11.4 Å². The monoisotopic (exact) mass is 692 g/mol. The Morgan fingerprint density at radius 3 is 1.19 bits per heavy atom. The molecule has 0 aliphatic carbocycles. The first-order valence-electron chi connectivity index (χ1n) is 13.6. The van der Waals surface area contributed by atoms with Crippen LogP contribution in [0.1, 0.15) is 22.3 Å². The first kappa shape index (κ1) is 31.3. The molecule has 0 N–H and O–H groups in total. The molecule has 0 spiro atoms. The molecule has 2 amide bonds. The standard InChI is InChI=1S/C34H34Br2N2O4/c1-23-17-27(35)18-24(2)33(23)41-21-31(39)37(29-11-7-5-8-12-29)15-16-38(30-13-9-6-10-14-30)32(40)22-42-34-25(3)19-28(36)20-26(34)4/h5-14,17-20H,15-16,21-22H2,1-4H3. The van der Waals surface area contributed by atoms with E-state index in [1.807, 2.05) is 113 Å². The van der Waals surface area contributed by atoms with Crippen molar-refractivity contribution in [2.24, 2.45) is 0 Å². The van der Waals surface area contributed by atoms with Crippen LogP contribution in [0.2, 0.25) is 0 Å². The van der Waals surface area contributed by atoms with E-state index in [1.54, 1.807) is 9.80 Å². The van der Waals surface area contributed by atoms with Gasteiger partial charge < -0.3 is 19.3 Å². The highest BCUT2D eigenvalue weighted by molar-refractivity contribution is 9.10. The average molecular weight is 694 g/mol. The lowest BCUT2D eigenvalue weighted by Gasteiger charge is -2.28. The second-order valence-electron chi connectivity index (χ2n) is 10.1. The van der Waals surface area contributed by atoms with Crippen LogP contribution in [-0.2, 0) is 9.59 Å². The van der Waals surface area contributed by atoms with Gasteiger partial charge in [-0.2, -0.15) is 0 Å². The number of rotatable bonds is 11. The van der Waals surface area contributed by atoms with E-state index >= 15 is 0 Å². The Balaban J connectivity index is 1.53. The predicted octanol–water partition coefficient (Wildman–Crippen LogP) is 7.97. The molecule has 8 heteroatoms. The van der Waals surface area contributed by atoms with Crippen LogP contribution in [0.15, 0.2) is 93.9 Å². The van der Waals surface area contributed by atoms with E-state index in [-0.39, 0.29) is 38.1 Å². The molecule has 0 saturated heterocycles. The Morgan fingerprint density at radius 1 is 0.571 bits per heavy atom. The highest BCUT2D eigenvalue weighted by atomic mass is 79.9. The molecular formula is C34H34Br2N2O4. The molecule has 0 aromatic heterocycles. The summed E-state index contributed by atoms with van der Waals surface area (Å²) >= 11 is 7.01. The van der Waals surface area contributed by atoms with Gasteiger partial charge in [-0.15, -0.1) is 0 Å². The number of nitrogens with zero attached hydrogens (tertiary/aromatic N) is 2. The molecule has 0 heterocycles. The van der Waals surface area contributed by atoms with Crippen molar-refractivity contribution in [1.29, 1.82) is 0 Å². The van der Waals surface area contributed by atoms with Crippen LogP contribution < -0.4 is 19.3 Å². The van der Waals surface area contributed by atoms with Gasteiger partial charge in [-0.1, -0.05) is 68.3 Å². The quantitative estimate of drug-likeness (QED) is 0.160. The minimum Gasteiger partial charge on any atom is -0.483 e. The van der Waals surface area contributed by atoms with Gasteiger partial charge in [0.1, 0.15) is 11.5 Å². The van der Waals surface area contributed by atoms with Crippen molar-refractivity contribution >= 4 is 55.0 Å². The Bertz CT molecular complexity index is 1380. The van der Waals surface area contributed by atoms with Crippen LogP contribution in [0.25, 0.3) is 0 Å². The molecular weight excluding hydrogens is 660 g/mol. The summed E-state index contributed by atoms with van der Waals surface area (Å²) < 4.78 is 14.0. The molecule has 0 radical (unpaired) electrons. The van der Waals surface area contributed by atoms with E-state index < -0.39 is 0 Å². The van der Waals surface area contributed by atoms with E-state index in [1.165, 1.54) is 0 Å². The molecule has 42 heavy (non-hydrogen) atoms. The number of hydrogen-bond acceptors (Lipinski definition) is 4. The summed E-state index contributed by atoms with van der Waals surface area (Å²) in [5, 5.41) is 0. The van der Waals surface area contributed by atoms with Crippen molar-refractivity contribution < 1.29 is 19.1 Å². The highest BCUT2D eigenvalue weighted by Crippen LogP contribution is 2.29. The van der Waals surface area contributed by atoms with Gasteiger partial charge in [-0.25, -0.2) is 0 Å². The maximum Gasteiger partial charge on any atom is 0.264 e. The molecule has 0 unspecified atom stereocenters. The van der Waals surface area contributed by atoms with E-state index in [0.29, 0.717) is 11.5 Å². The second-order valence-corrected chi connectivity index (χ2v) is 11.9. The number of hydrogen-bond donors (Lipinski definition) is 0. The third kappa shape index (κ3) is 8.01. The Hall–Kier alpha value is -3.62. The summed E-state index contributed by atoms with van der Waals surface area (Å²) in [5.74, 6) is 0.967. The Morgan fingerprint density at radius 2 is 0.881 bits per heavy atom. The van der Waals surface area contributed by atoms with Gasteiger partial charge in [0.05, 0.1) is 0 Å². The largest absolute Gasteiger partial charge is 0.483 e. The normalized spacial score (nSPS) is 10.7. The van der Waals surface area contributed by atoms with E-state index in [4.69, 9.17) is 9.47 Å². The summed E-state index contributed by atoms with van der Waals surface area (Å²) in [5.41, 5.74) is 5.23. The van der Waals surface area contributed by atoms with Gasteiger partial charge in [-0.3, -0.25) is 9.59 Å². The first-order valence-corrected chi connectivity index (χ1v) is 15.2. The molecule has 4 aromatic carbocycles. The van der Waals surface area contributed by atoms with Crippen LogP contribution in [0, 0.1) is 27.7 Å². The van der Waals surface area contributed by atoms with Crippen LogP contribution in [0.3, 0.4) is 0 Å². The SMILES string of the molecule is Cc1cc(Br)cc(C)c1OCC(=O)N(CCN(C(=O)COc1c(C)cc(Br)cc1C)c1ccccc1)c1ccccc1. The van der Waals surface area contributed by atoms with Gasteiger partial charge in [0, 0.05) is 33.4 Å². The molecule has 0 atom stereocenters. The summed E-state index contributed by atoms with van der Waals surface area (Å²) in [4.78, 5) is 30.5. The molecule has 0 fully saturated rings. The van der Waals surface area contributed by atoms with Crippen molar-refractivity contribution in [3.63, 3.8) is 0 Å². The molecule has 218 valence electrons. The zero-order chi connectivity index (χ0) is 30.2. The molecule has 0 saturated carbocycles. The van der Waals surface area contributed by atoms with Crippen molar-refractivity contribution in [2.75, 3.05) is 36.1 Å². The number of amides is 2. The Labute approximate surface area is 264 Å². The lowest BCUT2D eigenvalue weighted by molar-refractivity contribution is -0.122. The lowest BCUT2D eigenvalue weighted by Crippen LogP contribution is -2.44. The fourth-order valence-corrected chi connectivity index (χ4v) is 6.26. The fourth-order valence-electron chi connectivity index (χ4n) is 4.89. The van der Waals surface area contributed by atoms with Crippen molar-refractivity contribution in [3.8, 4) is 11.5 Å². The first-order chi connectivity index (χ1) is 20.1. The minimum atomic E-state index is -0.208. The zero-order valence-electron chi connectivity index (χ0n) is 24.2. The molecule has 4 aromatic rings. The van der Waals surface area contributed by atoms with Crippen LogP contribution >= 0.6 is 31.9 Å². The van der Waals surface area contributed by atoms with Gasteiger partial charge in [-0.05, 0) is 98.5 Å². The maximum absolute atomic E-state index is 13.6. The third-order valence-electron chi connectivity index (χ3n) is 6.82. The fraction of sp³-hybridized carbons (Fsp3) is 0.235. The molecule has 4 rings (SSSR count). The van der Waals surface area contributed by atoms with Crippen LogP contribution in [0.5, 0.6) is 11.5 Å². The van der Waals surface area contributed by atoms with Crippen LogP contribution in [-0.4, -0.2) is 38.1 Å². The van der Waals surface area contributed by atoms with Crippen molar-refractivity contribution in [2.45, 2.75) is 27.7 Å². The van der Waals surface area contributed by atoms with E-state index in [2.05, 4.69) is 31.9 Å². The number of benzene rings is 4. The lowest BCUT2D eigenvalue weighted by atomic mass is 10.1. The van der Waals surface area contributed by atoms with Gasteiger partial charge in [0.25, 0.3) is 11.8 Å². The van der Waals surface area contributed by atoms with Gasteiger partial charge in [0.15, 0.2) is 13.2 Å². The summed E-state index contributed by atoms with van der Waals surface area (Å²) in [6.07, 6.45) is 0. The number of carbonyl (C=O) groups is 2. The predicted molar refractivity (Wildman–Crippen MR) is 176 cm³/mol. The number of carbonyl (C=O) groups excluding carboxylic acids is 2. The molecule has 0 aliphatic heterocycles. The number of ether oxygens (including phenoxy) is 2. The topological polar surface area (TPSA) is 59.1 Å². The third-order valence-corrected chi connectivity index (χ3v) is 7.73. The van der Waals surface area contributed by atoms with Gasteiger partial charge >= 0.3 is 0 Å². The number of anilines is 2.